The highest BCUT2D eigenvalue weighted by molar-refractivity contribution is 6.86. The van der Waals surface area contributed by atoms with Crippen LogP contribution in [-0.4, -0.2) is 13.2 Å². The van der Waals surface area contributed by atoms with E-state index >= 15 is 0 Å². The smallest absolute Gasteiger partial charge is 0.0966 e. The number of hydrogen-bond donors (Lipinski definition) is 1. The van der Waals surface area contributed by atoms with Crippen molar-refractivity contribution >= 4 is 19.7 Å². The highest BCUT2D eigenvalue weighted by atomic mass is 35.5. The Morgan fingerprint density at radius 1 is 1.08 bits per heavy atom. The van der Waals surface area contributed by atoms with Gasteiger partial charge in [0.05, 0.1) is 14.2 Å². The van der Waals surface area contributed by atoms with Crippen molar-refractivity contribution < 1.29 is 5.11 Å². The van der Waals surface area contributed by atoms with Crippen molar-refractivity contribution in [3.05, 3.63) is 46.1 Å². The van der Waals surface area contributed by atoms with Crippen molar-refractivity contribution in [1.29, 1.82) is 0 Å². The summed E-state index contributed by atoms with van der Waals surface area (Å²) >= 11 is 6.04. The van der Waals surface area contributed by atoms with Crippen LogP contribution in [0.1, 0.15) is 64.5 Å². The Morgan fingerprint density at radius 3 is 2.12 bits per heavy atom. The number of hydrogen-bond acceptors (Lipinski definition) is 1. The molecule has 2 rings (SSSR count). The molecule has 0 bridgehead atoms. The lowest BCUT2D eigenvalue weighted by Gasteiger charge is -2.36. The molecule has 0 radical (unpaired) electrons. The van der Waals surface area contributed by atoms with E-state index in [1.165, 1.54) is 55.4 Å². The summed E-state index contributed by atoms with van der Waals surface area (Å²) in [6.07, 6.45) is 8.67. The molecule has 0 saturated heterocycles. The van der Waals surface area contributed by atoms with Crippen LogP contribution >= 0.6 is 11.6 Å². The second-order valence-electron chi connectivity index (χ2n) is 7.32. The van der Waals surface area contributed by atoms with Gasteiger partial charge in [-0.05, 0) is 36.5 Å². The molecule has 0 spiro atoms. The van der Waals surface area contributed by atoms with Crippen molar-refractivity contribution in [3.63, 3.8) is 0 Å². The first-order valence-electron chi connectivity index (χ1n) is 9.72. The molecule has 1 saturated carbocycles. The van der Waals surface area contributed by atoms with Gasteiger partial charge in [-0.15, -0.1) is 0 Å². The summed E-state index contributed by atoms with van der Waals surface area (Å²) in [5.74, 6) is 0.659. The molecule has 1 aliphatic rings. The van der Waals surface area contributed by atoms with Crippen LogP contribution in [0.3, 0.4) is 0 Å². The second-order valence-corrected chi connectivity index (χ2v) is 13.0. The topological polar surface area (TPSA) is 20.2 Å². The van der Waals surface area contributed by atoms with Crippen LogP contribution in [0.25, 0.3) is 0 Å². The van der Waals surface area contributed by atoms with Crippen LogP contribution in [-0.2, 0) is 0 Å². The number of allylic oxidation sites excluding steroid dienone is 1. The Labute approximate surface area is 154 Å². The quantitative estimate of drug-likeness (QED) is 0.520. The monoisotopic (exact) mass is 364 g/mol. The van der Waals surface area contributed by atoms with Gasteiger partial charge in [-0.1, -0.05) is 93.2 Å². The van der Waals surface area contributed by atoms with E-state index in [1.54, 1.807) is 0 Å². The average Bonchev–Trinajstić information content (AvgIpc) is 2.63. The molecule has 134 valence electrons. The summed E-state index contributed by atoms with van der Waals surface area (Å²) in [7, 11) is -1.61. The van der Waals surface area contributed by atoms with Gasteiger partial charge in [0.1, 0.15) is 0 Å². The maximum atomic E-state index is 11.3. The van der Waals surface area contributed by atoms with Gasteiger partial charge >= 0.3 is 0 Å². The Kier molecular flexibility index (Phi) is 7.58. The number of benzene rings is 1. The summed E-state index contributed by atoms with van der Waals surface area (Å²) in [4.78, 5) is 0. The highest BCUT2D eigenvalue weighted by Crippen LogP contribution is 2.39. The lowest BCUT2D eigenvalue weighted by molar-refractivity contribution is 0.220. The molecule has 0 amide bonds. The largest absolute Gasteiger partial charge is 0.384 e. The lowest BCUT2D eigenvalue weighted by Crippen LogP contribution is -2.38. The molecule has 0 aliphatic heterocycles. The van der Waals surface area contributed by atoms with Crippen LogP contribution in [0.15, 0.2) is 35.5 Å². The van der Waals surface area contributed by atoms with Crippen LogP contribution in [0.5, 0.6) is 0 Å². The van der Waals surface area contributed by atoms with Gasteiger partial charge in [0.25, 0.3) is 0 Å². The third-order valence-corrected chi connectivity index (χ3v) is 12.2. The van der Waals surface area contributed by atoms with Crippen LogP contribution in [0.4, 0.5) is 0 Å². The Morgan fingerprint density at radius 2 is 1.62 bits per heavy atom. The summed E-state index contributed by atoms with van der Waals surface area (Å²) in [5, 5.41) is 13.4. The van der Waals surface area contributed by atoms with Crippen molar-refractivity contribution in [3.8, 4) is 0 Å². The van der Waals surface area contributed by atoms with Crippen molar-refractivity contribution in [2.45, 2.75) is 77.1 Å². The predicted octanol–water partition coefficient (Wildman–Crippen LogP) is 6.93. The number of aliphatic hydroxyl groups excluding tert-OH is 1. The van der Waals surface area contributed by atoms with E-state index in [1.807, 2.05) is 24.3 Å². The molecule has 3 heteroatoms. The maximum Gasteiger partial charge on any atom is 0.0966 e. The van der Waals surface area contributed by atoms with E-state index in [2.05, 4.69) is 26.8 Å². The number of aliphatic hydroxyl groups is 1. The summed E-state index contributed by atoms with van der Waals surface area (Å²) < 4.78 is 0. The highest BCUT2D eigenvalue weighted by Gasteiger charge is 2.36. The van der Waals surface area contributed by atoms with Gasteiger partial charge in [-0.25, -0.2) is 0 Å². The molecule has 1 fully saturated rings. The first-order chi connectivity index (χ1) is 11.6. The molecule has 1 aromatic carbocycles. The normalized spacial score (nSPS) is 18.6. The number of halogens is 1. The molecule has 1 aliphatic carbocycles. The molecule has 1 nitrogen and oxygen atoms in total. The fourth-order valence-electron chi connectivity index (χ4n) is 4.30. The Balaban J connectivity index is 2.40. The molecule has 1 N–H and O–H groups in total. The fraction of sp³-hybridized carbons (Fsp3) is 0.619. The minimum Gasteiger partial charge on any atom is -0.384 e. The van der Waals surface area contributed by atoms with Crippen molar-refractivity contribution in [1.82, 2.24) is 0 Å². The van der Waals surface area contributed by atoms with Gasteiger partial charge in [-0.3, -0.25) is 0 Å². The van der Waals surface area contributed by atoms with E-state index in [-0.39, 0.29) is 0 Å². The van der Waals surface area contributed by atoms with Gasteiger partial charge in [0.2, 0.25) is 0 Å². The van der Waals surface area contributed by atoms with E-state index in [9.17, 15) is 5.11 Å². The summed E-state index contributed by atoms with van der Waals surface area (Å²) in [5.41, 5.74) is 0.994. The lowest BCUT2D eigenvalue weighted by atomic mass is 9.88. The Hall–Kier alpha value is -0.573. The second kappa shape index (κ2) is 9.21. The molecular weight excluding hydrogens is 332 g/mol. The first kappa shape index (κ1) is 19.7. The van der Waals surface area contributed by atoms with Crippen molar-refractivity contribution in [2.24, 2.45) is 5.92 Å². The van der Waals surface area contributed by atoms with Crippen LogP contribution in [0.2, 0.25) is 23.2 Å². The molecule has 1 aromatic rings. The van der Waals surface area contributed by atoms with Gasteiger partial charge < -0.3 is 5.11 Å². The first-order valence-corrected chi connectivity index (χ1v) is 12.7. The predicted molar refractivity (Wildman–Crippen MR) is 108 cm³/mol. The minimum atomic E-state index is -1.61. The molecule has 1 atom stereocenters. The van der Waals surface area contributed by atoms with Crippen molar-refractivity contribution in [2.75, 3.05) is 0 Å². The maximum absolute atomic E-state index is 11.3. The van der Waals surface area contributed by atoms with E-state index < -0.39 is 14.2 Å². The molecule has 0 aromatic heterocycles. The zero-order valence-electron chi connectivity index (χ0n) is 15.5. The summed E-state index contributed by atoms with van der Waals surface area (Å²) in [6, 6.07) is 11.4. The van der Waals surface area contributed by atoms with Gasteiger partial charge in [0, 0.05) is 5.02 Å². The zero-order valence-corrected chi connectivity index (χ0v) is 17.3. The third kappa shape index (κ3) is 4.53. The Bertz CT molecular complexity index is 519. The third-order valence-electron chi connectivity index (χ3n) is 6.19. The summed E-state index contributed by atoms with van der Waals surface area (Å²) in [6.45, 7) is 6.97. The number of rotatable bonds is 7. The molecule has 1 unspecified atom stereocenters. The van der Waals surface area contributed by atoms with E-state index in [0.717, 1.165) is 10.6 Å². The standard InChI is InChI=1S/C21H33ClOSi/c1-4-24(5-2,6-3)20(16-17-10-8-7-9-11-17)21(23)18-12-14-19(22)15-13-18/h12-17,21,23H,4-11H2,1-3H3/b20-16-. The fourth-order valence-corrected chi connectivity index (χ4v) is 8.49. The van der Waals surface area contributed by atoms with Crippen LogP contribution < -0.4 is 0 Å². The van der Waals surface area contributed by atoms with Gasteiger partial charge in [0.15, 0.2) is 0 Å². The van der Waals surface area contributed by atoms with Gasteiger partial charge in [-0.2, -0.15) is 0 Å². The van der Waals surface area contributed by atoms with E-state index in [4.69, 9.17) is 11.6 Å². The average molecular weight is 365 g/mol. The van der Waals surface area contributed by atoms with E-state index in [0.29, 0.717) is 5.92 Å². The minimum absolute atomic E-state index is 0.462. The SMILES string of the molecule is CC[Si](CC)(CC)/C(=C\C1CCCCC1)C(O)c1ccc(Cl)cc1. The molecular formula is C21H33ClOSi. The van der Waals surface area contributed by atoms with Crippen LogP contribution in [0, 0.1) is 5.92 Å². The molecule has 24 heavy (non-hydrogen) atoms. The zero-order chi connectivity index (χ0) is 17.6. The molecule has 0 heterocycles.